The Morgan fingerprint density at radius 3 is 2.78 bits per heavy atom. The van der Waals surface area contributed by atoms with Crippen LogP contribution in [0.4, 0.5) is 0 Å². The van der Waals surface area contributed by atoms with Crippen molar-refractivity contribution in [2.75, 3.05) is 26.7 Å². The summed E-state index contributed by atoms with van der Waals surface area (Å²) in [5, 5.41) is 8.44. The molecule has 0 atom stereocenters. The van der Waals surface area contributed by atoms with Gasteiger partial charge >= 0.3 is 0 Å². The predicted molar refractivity (Wildman–Crippen MR) is 39.6 cm³/mol. The van der Waals surface area contributed by atoms with Crippen molar-refractivity contribution in [2.24, 2.45) is 0 Å². The maximum Gasteiger partial charge on any atom is 0.0558 e. The van der Waals surface area contributed by atoms with E-state index in [0.29, 0.717) is 6.54 Å². The van der Waals surface area contributed by atoms with Crippen molar-refractivity contribution in [1.82, 2.24) is 4.90 Å². The highest BCUT2D eigenvalue weighted by Gasteiger charge is 1.90. The Kier molecular flexibility index (Phi) is 6.04. The van der Waals surface area contributed by atoms with E-state index >= 15 is 0 Å². The number of aliphatic hydroxyl groups is 1. The van der Waals surface area contributed by atoms with Crippen LogP contribution >= 0.6 is 11.6 Å². The van der Waals surface area contributed by atoms with Crippen molar-refractivity contribution in [3.05, 3.63) is 11.6 Å². The van der Waals surface area contributed by atoms with Gasteiger partial charge in [0.2, 0.25) is 0 Å². The topological polar surface area (TPSA) is 23.5 Å². The zero-order valence-corrected chi connectivity index (χ0v) is 6.30. The van der Waals surface area contributed by atoms with E-state index in [0.717, 1.165) is 6.54 Å². The van der Waals surface area contributed by atoms with Crippen molar-refractivity contribution < 1.29 is 5.11 Å². The minimum Gasteiger partial charge on any atom is -0.395 e. The monoisotopic (exact) mass is 149 g/mol. The maximum absolute atomic E-state index is 8.44. The molecule has 0 rings (SSSR count). The van der Waals surface area contributed by atoms with Crippen LogP contribution < -0.4 is 0 Å². The lowest BCUT2D eigenvalue weighted by atomic mass is 10.5. The molecule has 0 saturated heterocycles. The quantitative estimate of drug-likeness (QED) is 0.635. The van der Waals surface area contributed by atoms with Gasteiger partial charge in [0.05, 0.1) is 6.61 Å². The van der Waals surface area contributed by atoms with Crippen LogP contribution in [0.25, 0.3) is 0 Å². The summed E-state index contributed by atoms with van der Waals surface area (Å²) in [6.45, 7) is 1.69. The third-order valence-electron chi connectivity index (χ3n) is 0.988. The zero-order chi connectivity index (χ0) is 7.11. The third-order valence-corrected chi connectivity index (χ3v) is 1.17. The molecule has 0 aromatic carbocycles. The highest BCUT2D eigenvalue weighted by atomic mass is 35.5. The van der Waals surface area contributed by atoms with Crippen LogP contribution in [0.2, 0.25) is 0 Å². The van der Waals surface area contributed by atoms with E-state index in [1.165, 1.54) is 5.54 Å². The van der Waals surface area contributed by atoms with E-state index in [4.69, 9.17) is 16.7 Å². The smallest absolute Gasteiger partial charge is 0.0558 e. The normalized spacial score (nSPS) is 11.6. The average Bonchev–Trinajstić information content (AvgIpc) is 1.85. The molecule has 0 aromatic heterocycles. The summed E-state index contributed by atoms with van der Waals surface area (Å²) in [6, 6.07) is 0. The zero-order valence-electron chi connectivity index (χ0n) is 5.55. The second kappa shape index (κ2) is 6.08. The molecule has 0 amide bonds. The molecule has 0 radical (unpaired) electrons. The number of aliphatic hydroxyl groups excluding tert-OH is 1. The van der Waals surface area contributed by atoms with E-state index in [2.05, 4.69) is 0 Å². The molecule has 1 N–H and O–H groups in total. The van der Waals surface area contributed by atoms with E-state index in [1.54, 1.807) is 0 Å². The van der Waals surface area contributed by atoms with Crippen LogP contribution in [0.1, 0.15) is 0 Å². The highest BCUT2D eigenvalue weighted by Crippen LogP contribution is 1.83. The number of halogens is 1. The van der Waals surface area contributed by atoms with Gasteiger partial charge in [-0.3, -0.25) is 0 Å². The number of hydrogen-bond acceptors (Lipinski definition) is 2. The number of rotatable bonds is 4. The van der Waals surface area contributed by atoms with Gasteiger partial charge in [-0.2, -0.15) is 0 Å². The van der Waals surface area contributed by atoms with Crippen molar-refractivity contribution in [3.63, 3.8) is 0 Å². The van der Waals surface area contributed by atoms with Crippen LogP contribution in [0.3, 0.4) is 0 Å². The fourth-order valence-corrected chi connectivity index (χ4v) is 0.561. The van der Waals surface area contributed by atoms with E-state index in [9.17, 15) is 0 Å². The van der Waals surface area contributed by atoms with Gasteiger partial charge < -0.3 is 10.0 Å². The molecule has 0 bridgehead atoms. The van der Waals surface area contributed by atoms with Crippen LogP contribution in [-0.4, -0.2) is 36.8 Å². The SMILES string of the molecule is CN(C/C=C/Cl)CCO. The summed E-state index contributed by atoms with van der Waals surface area (Å²) >= 11 is 5.28. The van der Waals surface area contributed by atoms with Crippen LogP contribution in [0, 0.1) is 0 Å². The number of likely N-dealkylation sites (N-methyl/N-ethyl adjacent to an activating group) is 1. The van der Waals surface area contributed by atoms with Crippen molar-refractivity contribution in [1.29, 1.82) is 0 Å². The molecule has 3 heteroatoms. The molecule has 0 spiro atoms. The number of nitrogens with zero attached hydrogens (tertiary/aromatic N) is 1. The molecular formula is C6H12ClNO. The van der Waals surface area contributed by atoms with E-state index in [1.807, 2.05) is 18.0 Å². The van der Waals surface area contributed by atoms with Crippen molar-refractivity contribution in [3.8, 4) is 0 Å². The van der Waals surface area contributed by atoms with Crippen LogP contribution in [0.5, 0.6) is 0 Å². The van der Waals surface area contributed by atoms with Gasteiger partial charge in [0.1, 0.15) is 0 Å². The second-order valence-electron chi connectivity index (χ2n) is 1.85. The molecule has 0 aromatic rings. The lowest BCUT2D eigenvalue weighted by Crippen LogP contribution is -2.21. The highest BCUT2D eigenvalue weighted by molar-refractivity contribution is 6.25. The first-order valence-electron chi connectivity index (χ1n) is 2.86. The maximum atomic E-state index is 8.44. The minimum atomic E-state index is 0.201. The minimum absolute atomic E-state index is 0.201. The Morgan fingerprint density at radius 1 is 1.67 bits per heavy atom. The standard InChI is InChI=1S/C6H12ClNO/c1-8(5-6-9)4-2-3-7/h2-3,9H,4-6H2,1H3/b3-2+. The van der Waals surface area contributed by atoms with Crippen LogP contribution in [0.15, 0.2) is 11.6 Å². The lowest BCUT2D eigenvalue weighted by Gasteiger charge is -2.10. The molecular weight excluding hydrogens is 138 g/mol. The summed E-state index contributed by atoms with van der Waals surface area (Å²) in [4.78, 5) is 1.97. The molecule has 0 saturated carbocycles. The van der Waals surface area contributed by atoms with Gasteiger partial charge in [0.25, 0.3) is 0 Å². The van der Waals surface area contributed by atoms with Gasteiger partial charge in [0.15, 0.2) is 0 Å². The van der Waals surface area contributed by atoms with E-state index in [-0.39, 0.29) is 6.61 Å². The Bertz CT molecular complexity index is 85.1. The largest absolute Gasteiger partial charge is 0.395 e. The number of hydrogen-bond donors (Lipinski definition) is 1. The Morgan fingerprint density at radius 2 is 2.33 bits per heavy atom. The van der Waals surface area contributed by atoms with Crippen molar-refractivity contribution >= 4 is 11.6 Å². The van der Waals surface area contributed by atoms with Gasteiger partial charge in [-0.1, -0.05) is 17.7 Å². The predicted octanol–water partition coefficient (Wildman–Crippen LogP) is 0.663. The average molecular weight is 150 g/mol. The molecule has 9 heavy (non-hydrogen) atoms. The van der Waals surface area contributed by atoms with Gasteiger partial charge in [0, 0.05) is 18.6 Å². The van der Waals surface area contributed by atoms with Gasteiger partial charge in [-0.25, -0.2) is 0 Å². The molecule has 0 heterocycles. The Hall–Kier alpha value is -0.0500. The summed E-state index contributed by atoms with van der Waals surface area (Å²) in [6.07, 6.45) is 1.83. The first-order chi connectivity index (χ1) is 4.31. The summed E-state index contributed by atoms with van der Waals surface area (Å²) < 4.78 is 0. The van der Waals surface area contributed by atoms with Gasteiger partial charge in [-0.15, -0.1) is 0 Å². The first kappa shape index (κ1) is 8.95. The molecule has 0 unspecified atom stereocenters. The fraction of sp³-hybridized carbons (Fsp3) is 0.667. The molecule has 0 aliphatic heterocycles. The first-order valence-corrected chi connectivity index (χ1v) is 3.29. The molecule has 0 aliphatic carbocycles. The second-order valence-corrected chi connectivity index (χ2v) is 2.10. The summed E-state index contributed by atoms with van der Waals surface area (Å²) in [5.41, 5.74) is 1.48. The molecule has 2 nitrogen and oxygen atoms in total. The summed E-state index contributed by atoms with van der Waals surface area (Å²) in [5.74, 6) is 0. The molecule has 0 fully saturated rings. The van der Waals surface area contributed by atoms with E-state index < -0.39 is 0 Å². The Balaban J connectivity index is 3.15. The molecule has 54 valence electrons. The summed E-state index contributed by atoms with van der Waals surface area (Å²) in [7, 11) is 1.92. The fourth-order valence-electron chi connectivity index (χ4n) is 0.482. The van der Waals surface area contributed by atoms with Gasteiger partial charge in [-0.05, 0) is 7.05 Å². The van der Waals surface area contributed by atoms with Crippen LogP contribution in [-0.2, 0) is 0 Å². The lowest BCUT2D eigenvalue weighted by molar-refractivity contribution is 0.232. The third kappa shape index (κ3) is 5.83. The molecule has 0 aliphatic rings. The Labute approximate surface area is 60.7 Å². The van der Waals surface area contributed by atoms with Crippen molar-refractivity contribution in [2.45, 2.75) is 0 Å².